The molecule has 0 amide bonds. The lowest BCUT2D eigenvalue weighted by Gasteiger charge is -2.29. The molecule has 2 heterocycles. The van der Waals surface area contributed by atoms with Gasteiger partial charge in [-0.15, -0.1) is 0 Å². The van der Waals surface area contributed by atoms with Crippen LogP contribution >= 0.6 is 11.6 Å². The standard InChI is InChI=1S/C46H31ClN4/c47-38-25-36(24-37(26-38)46-50-44(31-14-6-2-7-15-31)49-45(51-46)32-16-8-3-9-17-32)33-19-20-34-28-40(30-12-4-1-5-13-30)39-22-21-35(29-42(39)41(34)27-33)43-18-10-11-23-48-43/h1-27,29,40H,28H2. The zero-order valence-electron chi connectivity index (χ0n) is 27.6. The quantitative estimate of drug-likeness (QED) is 0.176. The highest BCUT2D eigenvalue weighted by Gasteiger charge is 2.27. The topological polar surface area (TPSA) is 51.6 Å². The molecule has 1 aliphatic carbocycles. The number of pyridine rings is 1. The minimum atomic E-state index is 0.261. The van der Waals surface area contributed by atoms with E-state index < -0.39 is 0 Å². The first-order valence-electron chi connectivity index (χ1n) is 17.1. The van der Waals surface area contributed by atoms with Crippen molar-refractivity contribution in [2.45, 2.75) is 12.3 Å². The first kappa shape index (κ1) is 30.8. The van der Waals surface area contributed by atoms with Gasteiger partial charge in [0.05, 0.1) is 5.69 Å². The number of hydrogen-bond donors (Lipinski definition) is 0. The highest BCUT2D eigenvalue weighted by molar-refractivity contribution is 6.31. The van der Waals surface area contributed by atoms with Crippen LogP contribution in [0.15, 0.2) is 170 Å². The third-order valence-corrected chi connectivity index (χ3v) is 9.82. The molecule has 6 aromatic carbocycles. The summed E-state index contributed by atoms with van der Waals surface area (Å²) in [6.07, 6.45) is 2.77. The fourth-order valence-electron chi connectivity index (χ4n) is 7.11. The summed E-state index contributed by atoms with van der Waals surface area (Å²) in [4.78, 5) is 19.5. The molecule has 0 saturated heterocycles. The first-order chi connectivity index (χ1) is 25.2. The molecule has 1 aliphatic rings. The zero-order chi connectivity index (χ0) is 34.1. The summed E-state index contributed by atoms with van der Waals surface area (Å²) in [6.45, 7) is 0. The van der Waals surface area contributed by atoms with Gasteiger partial charge in [-0.3, -0.25) is 4.98 Å². The smallest absolute Gasteiger partial charge is 0.164 e. The third kappa shape index (κ3) is 6.11. The predicted molar refractivity (Wildman–Crippen MR) is 207 cm³/mol. The Bertz CT molecular complexity index is 2440. The van der Waals surface area contributed by atoms with Gasteiger partial charge in [0.25, 0.3) is 0 Å². The van der Waals surface area contributed by atoms with Gasteiger partial charge in [0.2, 0.25) is 0 Å². The fraction of sp³-hybridized carbons (Fsp3) is 0.0435. The van der Waals surface area contributed by atoms with Crippen LogP contribution in [0, 0.1) is 0 Å². The molecule has 0 bridgehead atoms. The molecule has 2 aromatic heterocycles. The summed E-state index contributed by atoms with van der Waals surface area (Å²) in [5.74, 6) is 2.06. The van der Waals surface area contributed by atoms with E-state index in [4.69, 9.17) is 26.6 Å². The third-order valence-electron chi connectivity index (χ3n) is 9.60. The molecule has 242 valence electrons. The highest BCUT2D eigenvalue weighted by atomic mass is 35.5. The van der Waals surface area contributed by atoms with Crippen LogP contribution in [0.25, 0.3) is 67.7 Å². The van der Waals surface area contributed by atoms with Gasteiger partial charge >= 0.3 is 0 Å². The minimum absolute atomic E-state index is 0.261. The van der Waals surface area contributed by atoms with E-state index in [-0.39, 0.29) is 5.92 Å². The van der Waals surface area contributed by atoms with Gasteiger partial charge in [-0.2, -0.15) is 0 Å². The van der Waals surface area contributed by atoms with Gasteiger partial charge in [-0.25, -0.2) is 15.0 Å². The second-order valence-corrected chi connectivity index (χ2v) is 13.3. The van der Waals surface area contributed by atoms with E-state index in [1.165, 1.54) is 27.8 Å². The molecule has 1 atom stereocenters. The first-order valence-corrected chi connectivity index (χ1v) is 17.5. The molecule has 8 aromatic rings. The van der Waals surface area contributed by atoms with E-state index in [0.29, 0.717) is 22.5 Å². The number of nitrogens with zero attached hydrogens (tertiary/aromatic N) is 4. The maximum Gasteiger partial charge on any atom is 0.164 e. The van der Waals surface area contributed by atoms with Crippen molar-refractivity contribution < 1.29 is 0 Å². The van der Waals surface area contributed by atoms with Crippen molar-refractivity contribution in [3.8, 4) is 67.7 Å². The molecule has 0 spiro atoms. The van der Waals surface area contributed by atoms with Crippen molar-refractivity contribution in [1.82, 2.24) is 19.9 Å². The second-order valence-electron chi connectivity index (χ2n) is 12.8. The lowest BCUT2D eigenvalue weighted by molar-refractivity contribution is 0.794. The van der Waals surface area contributed by atoms with E-state index in [2.05, 4.69) is 83.8 Å². The summed E-state index contributed by atoms with van der Waals surface area (Å²) < 4.78 is 0. The normalized spacial score (nSPS) is 13.3. The lowest BCUT2D eigenvalue weighted by Crippen LogP contribution is -2.13. The van der Waals surface area contributed by atoms with Crippen LogP contribution in [-0.2, 0) is 6.42 Å². The molecular formula is C46H31ClN4. The van der Waals surface area contributed by atoms with Gasteiger partial charge in [-0.1, -0.05) is 133 Å². The van der Waals surface area contributed by atoms with E-state index in [1.807, 2.05) is 91.1 Å². The van der Waals surface area contributed by atoms with E-state index in [9.17, 15) is 0 Å². The van der Waals surface area contributed by atoms with Crippen molar-refractivity contribution in [3.05, 3.63) is 192 Å². The average molecular weight is 675 g/mol. The Morgan fingerprint density at radius 3 is 1.71 bits per heavy atom. The maximum absolute atomic E-state index is 6.89. The van der Waals surface area contributed by atoms with Crippen molar-refractivity contribution in [1.29, 1.82) is 0 Å². The summed E-state index contributed by atoms with van der Waals surface area (Å²) in [5.41, 5.74) is 13.2. The molecule has 0 radical (unpaired) electrons. The molecule has 5 heteroatoms. The van der Waals surface area contributed by atoms with Crippen molar-refractivity contribution in [3.63, 3.8) is 0 Å². The Labute approximate surface area is 302 Å². The van der Waals surface area contributed by atoms with E-state index in [1.54, 1.807) is 0 Å². The number of benzene rings is 6. The van der Waals surface area contributed by atoms with Crippen LogP contribution in [0.3, 0.4) is 0 Å². The van der Waals surface area contributed by atoms with Gasteiger partial charge < -0.3 is 0 Å². The molecule has 9 rings (SSSR count). The largest absolute Gasteiger partial charge is 0.256 e. The molecule has 0 saturated carbocycles. The SMILES string of the molecule is Clc1cc(-c2ccc3c(c2)-c2cc(-c4ccccn4)ccc2C(c2ccccc2)C3)cc(-c2nc(-c3ccccc3)nc(-c3ccccc3)n2)c1. The van der Waals surface area contributed by atoms with Gasteiger partial charge in [0, 0.05) is 39.4 Å². The van der Waals surface area contributed by atoms with E-state index in [0.717, 1.165) is 45.5 Å². The van der Waals surface area contributed by atoms with Crippen molar-refractivity contribution >= 4 is 11.6 Å². The molecule has 51 heavy (non-hydrogen) atoms. The fourth-order valence-corrected chi connectivity index (χ4v) is 7.34. The molecule has 0 fully saturated rings. The van der Waals surface area contributed by atoms with E-state index >= 15 is 0 Å². The summed E-state index contributed by atoms with van der Waals surface area (Å²) in [6, 6.07) is 56.6. The van der Waals surface area contributed by atoms with Crippen LogP contribution in [0.1, 0.15) is 22.6 Å². The van der Waals surface area contributed by atoms with Crippen LogP contribution < -0.4 is 0 Å². The van der Waals surface area contributed by atoms with Crippen LogP contribution in [0.2, 0.25) is 5.02 Å². The van der Waals surface area contributed by atoms with Crippen molar-refractivity contribution in [2.75, 3.05) is 0 Å². The Balaban J connectivity index is 1.17. The molecule has 1 unspecified atom stereocenters. The average Bonchev–Trinajstić information content (AvgIpc) is 3.21. The van der Waals surface area contributed by atoms with Gasteiger partial charge in [0.15, 0.2) is 17.5 Å². The summed E-state index contributed by atoms with van der Waals surface area (Å²) in [7, 11) is 0. The Kier molecular flexibility index (Phi) is 8.00. The molecule has 0 aliphatic heterocycles. The highest BCUT2D eigenvalue weighted by Crippen LogP contribution is 2.45. The lowest BCUT2D eigenvalue weighted by atomic mass is 9.74. The number of aromatic nitrogens is 4. The number of hydrogen-bond acceptors (Lipinski definition) is 4. The number of halogens is 1. The Morgan fingerprint density at radius 1 is 0.451 bits per heavy atom. The van der Waals surface area contributed by atoms with Crippen molar-refractivity contribution in [2.24, 2.45) is 0 Å². The Hall–Kier alpha value is -6.23. The molecule has 0 N–H and O–H groups in total. The monoisotopic (exact) mass is 674 g/mol. The molecule has 4 nitrogen and oxygen atoms in total. The van der Waals surface area contributed by atoms with Crippen LogP contribution in [0.4, 0.5) is 0 Å². The summed E-state index contributed by atoms with van der Waals surface area (Å²) >= 11 is 6.89. The number of rotatable bonds is 6. The predicted octanol–water partition coefficient (Wildman–Crippen LogP) is 11.6. The van der Waals surface area contributed by atoms with Crippen LogP contribution in [-0.4, -0.2) is 19.9 Å². The van der Waals surface area contributed by atoms with Crippen LogP contribution in [0.5, 0.6) is 0 Å². The number of fused-ring (bicyclic) bond motifs is 3. The maximum atomic E-state index is 6.89. The Morgan fingerprint density at radius 2 is 1.04 bits per heavy atom. The molecular weight excluding hydrogens is 644 g/mol. The summed E-state index contributed by atoms with van der Waals surface area (Å²) in [5, 5.41) is 0.616. The zero-order valence-corrected chi connectivity index (χ0v) is 28.4. The van der Waals surface area contributed by atoms with Gasteiger partial charge in [-0.05, 0) is 87.8 Å². The second kappa shape index (κ2) is 13.2. The van der Waals surface area contributed by atoms with Gasteiger partial charge in [0.1, 0.15) is 0 Å². The minimum Gasteiger partial charge on any atom is -0.256 e.